The van der Waals surface area contributed by atoms with Crippen molar-refractivity contribution in [3.05, 3.63) is 59.7 Å². The molecule has 6 N–H and O–H groups in total. The number of ether oxygens (including phenoxy) is 1. The van der Waals surface area contributed by atoms with Crippen molar-refractivity contribution in [2.45, 2.75) is 38.1 Å². The normalized spacial score (nSPS) is 11.7. The summed E-state index contributed by atoms with van der Waals surface area (Å²) in [6.45, 7) is 0.325. The van der Waals surface area contributed by atoms with Gasteiger partial charge in [0.05, 0.1) is 7.11 Å². The topological polar surface area (TPSA) is 136 Å². The van der Waals surface area contributed by atoms with Crippen LogP contribution in [0.2, 0.25) is 0 Å². The standard InChI is InChI=1S/C25H29F2N5O3/c1-35-24(34)20(10-6-12-30-25(28)29)31-22(33)11-5-9-16-17-13-18(26)19(27)14-21(17)32-23(16)15-7-3-2-4-8-15/h2-4,7-8,13-14,20,32H,5-6,9-12H2,1H3,(H,31,33)(H4,28,29,30). The molecule has 3 aromatic rings. The van der Waals surface area contributed by atoms with Gasteiger partial charge in [0, 0.05) is 35.6 Å². The van der Waals surface area contributed by atoms with Crippen LogP contribution in [0.25, 0.3) is 22.2 Å². The molecule has 1 aromatic heterocycles. The number of carbonyl (C=O) groups is 2. The Morgan fingerprint density at radius 2 is 1.83 bits per heavy atom. The zero-order valence-electron chi connectivity index (χ0n) is 19.4. The van der Waals surface area contributed by atoms with Crippen LogP contribution in [0.1, 0.15) is 31.2 Å². The highest BCUT2D eigenvalue weighted by Gasteiger charge is 2.21. The first-order valence-corrected chi connectivity index (χ1v) is 11.3. The van der Waals surface area contributed by atoms with Gasteiger partial charge in [0.1, 0.15) is 6.04 Å². The molecule has 0 aliphatic rings. The third kappa shape index (κ3) is 6.78. The van der Waals surface area contributed by atoms with Crippen LogP contribution in [-0.4, -0.2) is 42.5 Å². The van der Waals surface area contributed by atoms with E-state index in [4.69, 9.17) is 16.2 Å². The lowest BCUT2D eigenvalue weighted by Gasteiger charge is -2.16. The summed E-state index contributed by atoms with van der Waals surface area (Å²) in [5.74, 6) is -2.78. The number of aryl methyl sites for hydroxylation is 1. The summed E-state index contributed by atoms with van der Waals surface area (Å²) < 4.78 is 32.6. The van der Waals surface area contributed by atoms with Gasteiger partial charge >= 0.3 is 5.97 Å². The molecule has 35 heavy (non-hydrogen) atoms. The molecule has 1 amide bonds. The summed E-state index contributed by atoms with van der Waals surface area (Å²) in [5.41, 5.74) is 13.5. The van der Waals surface area contributed by atoms with Crippen LogP contribution >= 0.6 is 0 Å². The third-order valence-electron chi connectivity index (χ3n) is 5.61. The molecule has 0 saturated carbocycles. The predicted molar refractivity (Wildman–Crippen MR) is 130 cm³/mol. The number of aromatic amines is 1. The van der Waals surface area contributed by atoms with Gasteiger partial charge in [0.25, 0.3) is 0 Å². The first-order chi connectivity index (χ1) is 16.8. The van der Waals surface area contributed by atoms with E-state index >= 15 is 0 Å². The molecule has 0 saturated heterocycles. The summed E-state index contributed by atoms with van der Waals surface area (Å²) in [5, 5.41) is 3.26. The van der Waals surface area contributed by atoms with Crippen molar-refractivity contribution in [3.8, 4) is 11.3 Å². The van der Waals surface area contributed by atoms with E-state index in [2.05, 4.69) is 15.3 Å². The van der Waals surface area contributed by atoms with E-state index in [-0.39, 0.29) is 18.3 Å². The molecule has 3 rings (SSSR count). The van der Waals surface area contributed by atoms with Gasteiger partial charge < -0.3 is 26.5 Å². The average Bonchev–Trinajstić information content (AvgIpc) is 3.18. The fourth-order valence-corrected chi connectivity index (χ4v) is 3.94. The molecule has 8 nitrogen and oxygen atoms in total. The van der Waals surface area contributed by atoms with Crippen molar-refractivity contribution < 1.29 is 23.1 Å². The van der Waals surface area contributed by atoms with Gasteiger partial charge in [0.15, 0.2) is 17.6 Å². The highest BCUT2D eigenvalue weighted by molar-refractivity contribution is 5.91. The number of hydrogen-bond acceptors (Lipinski definition) is 4. The maximum Gasteiger partial charge on any atom is 0.328 e. The Morgan fingerprint density at radius 3 is 2.51 bits per heavy atom. The third-order valence-corrected chi connectivity index (χ3v) is 5.61. The minimum Gasteiger partial charge on any atom is -0.467 e. The fourth-order valence-electron chi connectivity index (χ4n) is 3.94. The van der Waals surface area contributed by atoms with Crippen LogP contribution in [-0.2, 0) is 20.7 Å². The Labute approximate surface area is 201 Å². The second kappa shape index (κ2) is 12.0. The monoisotopic (exact) mass is 485 g/mol. The lowest BCUT2D eigenvalue weighted by Crippen LogP contribution is -2.41. The van der Waals surface area contributed by atoms with Crippen molar-refractivity contribution in [1.82, 2.24) is 10.3 Å². The lowest BCUT2D eigenvalue weighted by atomic mass is 10.00. The number of nitrogens with zero attached hydrogens (tertiary/aromatic N) is 1. The van der Waals surface area contributed by atoms with Gasteiger partial charge in [0.2, 0.25) is 5.91 Å². The molecule has 0 spiro atoms. The van der Waals surface area contributed by atoms with E-state index in [0.717, 1.165) is 22.9 Å². The Bertz CT molecular complexity index is 1210. The van der Waals surface area contributed by atoms with Gasteiger partial charge in [-0.1, -0.05) is 30.3 Å². The van der Waals surface area contributed by atoms with E-state index in [0.29, 0.717) is 43.1 Å². The second-order valence-electron chi connectivity index (χ2n) is 8.10. The number of hydrogen-bond donors (Lipinski definition) is 4. The number of carbonyl (C=O) groups excluding carboxylic acids is 2. The molecule has 2 aromatic carbocycles. The molecular weight excluding hydrogens is 456 g/mol. The Morgan fingerprint density at radius 1 is 1.11 bits per heavy atom. The van der Waals surface area contributed by atoms with Gasteiger partial charge in [-0.15, -0.1) is 0 Å². The number of esters is 1. The number of aromatic nitrogens is 1. The zero-order chi connectivity index (χ0) is 25.4. The SMILES string of the molecule is COC(=O)C(CCCN=C(N)N)NC(=O)CCCc1c(-c2ccccc2)[nH]c2cc(F)c(F)cc12. The highest BCUT2D eigenvalue weighted by Crippen LogP contribution is 2.32. The Balaban J connectivity index is 1.69. The van der Waals surface area contributed by atoms with Crippen LogP contribution in [0.3, 0.4) is 0 Å². The van der Waals surface area contributed by atoms with Gasteiger partial charge in [-0.25, -0.2) is 13.6 Å². The Kier molecular flexibility index (Phi) is 8.77. The minimum absolute atomic E-state index is 0.0431. The maximum atomic E-state index is 14.0. The molecule has 1 unspecified atom stereocenters. The fraction of sp³-hybridized carbons (Fsp3) is 0.320. The smallest absolute Gasteiger partial charge is 0.328 e. The largest absolute Gasteiger partial charge is 0.467 e. The van der Waals surface area contributed by atoms with E-state index < -0.39 is 23.6 Å². The minimum atomic E-state index is -0.934. The first-order valence-electron chi connectivity index (χ1n) is 11.3. The number of H-pyrrole nitrogens is 1. The molecule has 0 bridgehead atoms. The van der Waals surface area contributed by atoms with Gasteiger partial charge in [-0.3, -0.25) is 9.79 Å². The number of nitrogens with two attached hydrogens (primary N) is 2. The second-order valence-corrected chi connectivity index (χ2v) is 8.10. The molecule has 0 aliphatic heterocycles. The number of amides is 1. The molecular formula is C25H29F2N5O3. The van der Waals surface area contributed by atoms with Crippen LogP contribution in [0.15, 0.2) is 47.5 Å². The first kappa shape index (κ1) is 25.7. The van der Waals surface area contributed by atoms with Crippen molar-refractivity contribution in [2.24, 2.45) is 16.5 Å². The number of guanidine groups is 1. The van der Waals surface area contributed by atoms with Crippen molar-refractivity contribution in [2.75, 3.05) is 13.7 Å². The number of methoxy groups -OCH3 is 1. The van der Waals surface area contributed by atoms with Crippen LogP contribution < -0.4 is 16.8 Å². The predicted octanol–water partition coefficient (Wildman–Crippen LogP) is 3.15. The molecule has 10 heteroatoms. The van der Waals surface area contributed by atoms with Crippen LogP contribution in [0.5, 0.6) is 0 Å². The number of rotatable bonds is 11. The van der Waals surface area contributed by atoms with Gasteiger partial charge in [-0.05, 0) is 42.9 Å². The maximum absolute atomic E-state index is 14.0. The molecule has 0 aliphatic carbocycles. The van der Waals surface area contributed by atoms with Crippen LogP contribution in [0.4, 0.5) is 8.78 Å². The average molecular weight is 486 g/mol. The Hall–Kier alpha value is -3.95. The van der Waals surface area contributed by atoms with E-state index in [1.165, 1.54) is 13.2 Å². The summed E-state index contributed by atoms with van der Waals surface area (Å²) >= 11 is 0. The summed E-state index contributed by atoms with van der Waals surface area (Å²) in [6, 6.07) is 10.9. The van der Waals surface area contributed by atoms with E-state index in [1.54, 1.807) is 0 Å². The number of halogens is 2. The molecule has 1 heterocycles. The van der Waals surface area contributed by atoms with E-state index in [1.807, 2.05) is 30.3 Å². The lowest BCUT2D eigenvalue weighted by molar-refractivity contribution is -0.145. The summed E-state index contributed by atoms with van der Waals surface area (Å²) in [6.07, 6.45) is 1.80. The van der Waals surface area contributed by atoms with Gasteiger partial charge in [-0.2, -0.15) is 0 Å². The van der Waals surface area contributed by atoms with E-state index in [9.17, 15) is 18.4 Å². The number of aliphatic imine (C=N–C) groups is 1. The summed E-state index contributed by atoms with van der Waals surface area (Å²) in [4.78, 5) is 31.7. The number of fused-ring (bicyclic) bond motifs is 1. The highest BCUT2D eigenvalue weighted by atomic mass is 19.2. The zero-order valence-corrected chi connectivity index (χ0v) is 19.4. The number of nitrogens with one attached hydrogen (secondary N) is 2. The van der Waals surface area contributed by atoms with Crippen molar-refractivity contribution in [1.29, 1.82) is 0 Å². The molecule has 0 fully saturated rings. The molecule has 0 radical (unpaired) electrons. The van der Waals surface area contributed by atoms with Crippen molar-refractivity contribution in [3.63, 3.8) is 0 Å². The van der Waals surface area contributed by atoms with Crippen molar-refractivity contribution >= 4 is 28.7 Å². The van der Waals surface area contributed by atoms with Crippen LogP contribution in [0, 0.1) is 11.6 Å². The quantitative estimate of drug-likeness (QED) is 0.143. The number of benzene rings is 2. The molecule has 186 valence electrons. The summed E-state index contributed by atoms with van der Waals surface area (Å²) in [7, 11) is 1.25. The molecule has 1 atom stereocenters.